The van der Waals surface area contributed by atoms with Gasteiger partial charge in [0.1, 0.15) is 5.82 Å². The Hall–Kier alpha value is -2.63. The molecule has 0 radical (unpaired) electrons. The van der Waals surface area contributed by atoms with Crippen LogP contribution in [-0.4, -0.2) is 37.6 Å². The lowest BCUT2D eigenvalue weighted by Gasteiger charge is -2.16. The predicted molar refractivity (Wildman–Crippen MR) is 84.1 cm³/mol. The van der Waals surface area contributed by atoms with Crippen LogP contribution in [0.1, 0.15) is 17.8 Å². The van der Waals surface area contributed by atoms with Gasteiger partial charge in [-0.3, -0.25) is 9.89 Å². The molecule has 0 aliphatic carbocycles. The Morgan fingerprint density at radius 1 is 1.36 bits per heavy atom. The smallest absolute Gasteiger partial charge is 0.223 e. The number of amides is 1. The lowest BCUT2D eigenvalue weighted by atomic mass is 10.2. The van der Waals surface area contributed by atoms with Crippen LogP contribution in [0.15, 0.2) is 36.7 Å². The number of aromatic nitrogens is 4. The Kier molecular flexibility index (Phi) is 3.91. The van der Waals surface area contributed by atoms with Gasteiger partial charge < -0.3 is 9.47 Å². The maximum atomic E-state index is 12.2. The van der Waals surface area contributed by atoms with E-state index in [1.807, 2.05) is 49.1 Å². The van der Waals surface area contributed by atoms with Gasteiger partial charge in [0, 0.05) is 26.7 Å². The van der Waals surface area contributed by atoms with E-state index in [1.165, 1.54) is 0 Å². The number of carbonyl (C=O) groups is 1. The first-order valence-corrected chi connectivity index (χ1v) is 7.27. The first-order chi connectivity index (χ1) is 10.6. The molecule has 3 aromatic rings. The Labute approximate surface area is 128 Å². The van der Waals surface area contributed by atoms with Crippen molar-refractivity contribution in [2.75, 3.05) is 7.05 Å². The van der Waals surface area contributed by atoms with E-state index in [2.05, 4.69) is 15.2 Å². The number of H-pyrrole nitrogens is 1. The number of aryl methyl sites for hydroxylation is 2. The van der Waals surface area contributed by atoms with Crippen molar-refractivity contribution >= 4 is 16.9 Å². The monoisotopic (exact) mass is 297 g/mol. The second kappa shape index (κ2) is 6.01. The second-order valence-corrected chi connectivity index (χ2v) is 5.43. The second-order valence-electron chi connectivity index (χ2n) is 5.43. The van der Waals surface area contributed by atoms with Gasteiger partial charge in [-0.15, -0.1) is 0 Å². The van der Waals surface area contributed by atoms with Crippen LogP contribution >= 0.6 is 0 Å². The molecule has 0 bridgehead atoms. The van der Waals surface area contributed by atoms with E-state index in [0.717, 1.165) is 22.4 Å². The van der Waals surface area contributed by atoms with E-state index in [9.17, 15) is 4.79 Å². The lowest BCUT2D eigenvalue weighted by Crippen LogP contribution is -2.27. The first kappa shape index (κ1) is 14.3. The highest BCUT2D eigenvalue weighted by Crippen LogP contribution is 2.15. The normalized spacial score (nSPS) is 11.0. The number of fused-ring (bicyclic) bond motifs is 1. The maximum Gasteiger partial charge on any atom is 0.223 e. The fourth-order valence-corrected chi connectivity index (χ4v) is 2.49. The van der Waals surface area contributed by atoms with Gasteiger partial charge in [0.15, 0.2) is 0 Å². The molecule has 0 spiro atoms. The van der Waals surface area contributed by atoms with Crippen LogP contribution in [0.5, 0.6) is 0 Å². The molecule has 0 unspecified atom stereocenters. The zero-order chi connectivity index (χ0) is 15.5. The highest BCUT2D eigenvalue weighted by Gasteiger charge is 2.14. The van der Waals surface area contributed by atoms with Gasteiger partial charge in [-0.2, -0.15) is 5.10 Å². The molecule has 6 heteroatoms. The number of nitrogens with zero attached hydrogens (tertiary/aromatic N) is 4. The van der Waals surface area contributed by atoms with Gasteiger partial charge in [0.05, 0.1) is 23.8 Å². The third-order valence-electron chi connectivity index (χ3n) is 3.87. The van der Waals surface area contributed by atoms with Crippen molar-refractivity contribution < 1.29 is 4.79 Å². The zero-order valence-corrected chi connectivity index (χ0v) is 12.8. The number of aromatic amines is 1. The molecule has 0 aliphatic heterocycles. The summed E-state index contributed by atoms with van der Waals surface area (Å²) in [7, 11) is 3.80. The molecule has 6 nitrogen and oxygen atoms in total. The van der Waals surface area contributed by atoms with E-state index in [4.69, 9.17) is 0 Å². The van der Waals surface area contributed by atoms with Crippen LogP contribution in [0.3, 0.4) is 0 Å². The van der Waals surface area contributed by atoms with Gasteiger partial charge in [-0.25, -0.2) is 4.98 Å². The highest BCUT2D eigenvalue weighted by atomic mass is 16.2. The van der Waals surface area contributed by atoms with Crippen LogP contribution in [0.25, 0.3) is 11.0 Å². The predicted octanol–water partition coefficient (Wildman–Crippen LogP) is 1.89. The SMILES string of the molecule is CN(Cc1nc2ccccc2n1C)C(=O)CCc1cn[nH]c1. The van der Waals surface area contributed by atoms with Gasteiger partial charge in [0.25, 0.3) is 0 Å². The minimum absolute atomic E-state index is 0.105. The molecule has 0 saturated heterocycles. The third-order valence-corrected chi connectivity index (χ3v) is 3.87. The molecule has 2 aromatic heterocycles. The van der Waals surface area contributed by atoms with E-state index in [1.54, 1.807) is 11.1 Å². The fourth-order valence-electron chi connectivity index (χ4n) is 2.49. The number of benzene rings is 1. The van der Waals surface area contributed by atoms with Crippen LogP contribution < -0.4 is 0 Å². The summed E-state index contributed by atoms with van der Waals surface area (Å²) in [6, 6.07) is 7.98. The van der Waals surface area contributed by atoms with Crippen LogP contribution in [0.2, 0.25) is 0 Å². The summed E-state index contributed by atoms with van der Waals surface area (Å²) in [5.74, 6) is 0.994. The van der Waals surface area contributed by atoms with E-state index in [-0.39, 0.29) is 5.91 Å². The number of nitrogens with one attached hydrogen (secondary N) is 1. The fraction of sp³-hybridized carbons (Fsp3) is 0.312. The number of hydrogen-bond acceptors (Lipinski definition) is 3. The number of rotatable bonds is 5. The quantitative estimate of drug-likeness (QED) is 0.782. The Morgan fingerprint density at radius 3 is 2.91 bits per heavy atom. The number of imidazole rings is 1. The first-order valence-electron chi connectivity index (χ1n) is 7.27. The van der Waals surface area contributed by atoms with Crippen molar-refractivity contribution in [3.05, 3.63) is 48.0 Å². The summed E-state index contributed by atoms with van der Waals surface area (Å²) in [5.41, 5.74) is 3.08. The Morgan fingerprint density at radius 2 is 2.18 bits per heavy atom. The van der Waals surface area contributed by atoms with Crippen LogP contribution in [0, 0.1) is 0 Å². The summed E-state index contributed by atoms with van der Waals surface area (Å²) >= 11 is 0. The molecule has 0 atom stereocenters. The van der Waals surface area contributed by atoms with Crippen molar-refractivity contribution in [3.8, 4) is 0 Å². The summed E-state index contributed by atoms with van der Waals surface area (Å²) in [6.45, 7) is 0.509. The van der Waals surface area contributed by atoms with Crippen LogP contribution in [-0.2, 0) is 24.8 Å². The maximum absolute atomic E-state index is 12.2. The van der Waals surface area contributed by atoms with Crippen molar-refractivity contribution in [3.63, 3.8) is 0 Å². The molecule has 0 fully saturated rings. The minimum Gasteiger partial charge on any atom is -0.338 e. The minimum atomic E-state index is 0.105. The van der Waals surface area contributed by atoms with Gasteiger partial charge >= 0.3 is 0 Å². The summed E-state index contributed by atoms with van der Waals surface area (Å²) < 4.78 is 2.04. The molecular formula is C16H19N5O. The standard InChI is InChI=1S/C16H19N5O/c1-20(16(22)8-7-12-9-17-18-10-12)11-15-19-13-5-3-4-6-14(13)21(15)2/h3-6,9-10H,7-8,11H2,1-2H3,(H,17,18). The number of hydrogen-bond donors (Lipinski definition) is 1. The van der Waals surface area contributed by atoms with E-state index >= 15 is 0 Å². The third kappa shape index (κ3) is 2.86. The highest BCUT2D eigenvalue weighted by molar-refractivity contribution is 5.77. The topological polar surface area (TPSA) is 66.8 Å². The van der Waals surface area contributed by atoms with Crippen molar-refractivity contribution in [1.29, 1.82) is 0 Å². The number of para-hydroxylation sites is 2. The molecule has 0 aliphatic rings. The summed E-state index contributed by atoms with van der Waals surface area (Å²) in [6.07, 6.45) is 4.74. The molecule has 0 saturated carbocycles. The molecule has 22 heavy (non-hydrogen) atoms. The Bertz CT molecular complexity index is 775. The molecule has 3 rings (SSSR count). The Balaban J connectivity index is 1.66. The van der Waals surface area contributed by atoms with Crippen LogP contribution in [0.4, 0.5) is 0 Å². The average molecular weight is 297 g/mol. The molecule has 114 valence electrons. The molecule has 1 N–H and O–H groups in total. The molecular weight excluding hydrogens is 278 g/mol. The van der Waals surface area contributed by atoms with Gasteiger partial charge in [0.2, 0.25) is 5.91 Å². The largest absolute Gasteiger partial charge is 0.338 e. The molecule has 1 aromatic carbocycles. The average Bonchev–Trinajstić information content (AvgIpc) is 3.14. The molecule has 1 amide bonds. The molecule has 2 heterocycles. The lowest BCUT2D eigenvalue weighted by molar-refractivity contribution is -0.130. The van der Waals surface area contributed by atoms with Crippen molar-refractivity contribution in [2.45, 2.75) is 19.4 Å². The zero-order valence-electron chi connectivity index (χ0n) is 12.8. The van der Waals surface area contributed by atoms with Gasteiger partial charge in [-0.1, -0.05) is 12.1 Å². The van der Waals surface area contributed by atoms with Crippen molar-refractivity contribution in [1.82, 2.24) is 24.6 Å². The summed E-state index contributed by atoms with van der Waals surface area (Å²) in [4.78, 5) is 18.5. The van der Waals surface area contributed by atoms with E-state index < -0.39 is 0 Å². The van der Waals surface area contributed by atoms with Crippen molar-refractivity contribution in [2.24, 2.45) is 7.05 Å². The summed E-state index contributed by atoms with van der Waals surface area (Å²) in [5, 5.41) is 6.64. The van der Waals surface area contributed by atoms with Gasteiger partial charge in [-0.05, 0) is 24.1 Å². The van der Waals surface area contributed by atoms with E-state index in [0.29, 0.717) is 19.4 Å². The number of carbonyl (C=O) groups excluding carboxylic acids is 1.